The first-order valence-corrected chi connectivity index (χ1v) is 13.8. The van der Waals surface area contributed by atoms with Gasteiger partial charge >= 0.3 is 6.18 Å². The zero-order valence-electron chi connectivity index (χ0n) is 21.7. The van der Waals surface area contributed by atoms with E-state index in [2.05, 4.69) is 20.0 Å². The lowest BCUT2D eigenvalue weighted by molar-refractivity contribution is -0.260. The maximum Gasteiger partial charge on any atom is 0.422 e. The highest BCUT2D eigenvalue weighted by atomic mass is 32.2. The highest BCUT2D eigenvalue weighted by Gasteiger charge is 2.53. The molecule has 2 fully saturated rings. The van der Waals surface area contributed by atoms with E-state index in [4.69, 9.17) is 0 Å². The van der Waals surface area contributed by atoms with Crippen LogP contribution in [0.1, 0.15) is 69.4 Å². The first-order chi connectivity index (χ1) is 17.4. The maximum absolute atomic E-state index is 13.5. The molecule has 9 nitrogen and oxygen atoms in total. The van der Waals surface area contributed by atoms with Gasteiger partial charge in [0.2, 0.25) is 15.6 Å². The molecule has 1 atom stereocenters. The van der Waals surface area contributed by atoms with Crippen LogP contribution in [0.25, 0.3) is 0 Å². The second-order valence-electron chi connectivity index (χ2n) is 11.3. The number of benzene rings is 1. The summed E-state index contributed by atoms with van der Waals surface area (Å²) in [5.41, 5.74) is -4.39. The highest BCUT2D eigenvalue weighted by Crippen LogP contribution is 2.54. The van der Waals surface area contributed by atoms with Gasteiger partial charge in [0, 0.05) is 24.2 Å². The molecule has 4 rings (SSSR count). The number of piperidine rings is 1. The number of anilines is 2. The number of halogens is 3. The van der Waals surface area contributed by atoms with E-state index in [1.165, 1.54) is 24.3 Å². The maximum atomic E-state index is 13.5. The second-order valence-corrected chi connectivity index (χ2v) is 13.0. The lowest BCUT2D eigenvalue weighted by atomic mass is 9.94. The number of sulfonamides is 1. The average Bonchev–Trinajstić information content (AvgIpc) is 3.56. The molecule has 1 saturated heterocycles. The summed E-state index contributed by atoms with van der Waals surface area (Å²) in [5, 5.41) is 12.8. The van der Waals surface area contributed by atoms with E-state index in [0.29, 0.717) is 20.0 Å². The number of aromatic nitrogens is 2. The molecule has 1 saturated carbocycles. The van der Waals surface area contributed by atoms with Crippen molar-refractivity contribution in [3.05, 3.63) is 41.7 Å². The molecule has 1 spiro atoms. The molecule has 0 unspecified atom stereocenters. The normalized spacial score (nSPS) is 19.2. The van der Waals surface area contributed by atoms with Gasteiger partial charge in [-0.2, -0.15) is 13.2 Å². The number of hydrogen-bond acceptors (Lipinski definition) is 7. The Labute approximate surface area is 219 Å². The van der Waals surface area contributed by atoms with Crippen molar-refractivity contribution in [2.75, 3.05) is 23.3 Å². The standard InChI is InChI=1S/C25H32F3N5O4S/c1-22(2,3)32-38(36,37)17-7-5-6-16(14-17)21(34)31-19-20(33-12-10-24(8-9-24)11-13-33)30-18(15-29-19)23(4,35)25(26,27)28/h5-7,14-15,32,35H,8-13H2,1-4H3,(H,29,31,34)/t23-/m0/s1. The Hall–Kier alpha value is -2.77. The summed E-state index contributed by atoms with van der Waals surface area (Å²) in [6, 6.07) is 5.39. The molecule has 1 aliphatic heterocycles. The minimum absolute atomic E-state index is 0.0106. The van der Waals surface area contributed by atoms with Crippen molar-refractivity contribution in [3.8, 4) is 0 Å². The molecule has 208 valence electrons. The van der Waals surface area contributed by atoms with Gasteiger partial charge in [0.15, 0.2) is 11.6 Å². The zero-order chi connectivity index (χ0) is 28.1. The molecule has 0 bridgehead atoms. The third-order valence-corrected chi connectivity index (χ3v) is 8.72. The Balaban J connectivity index is 1.65. The molecule has 1 aliphatic carbocycles. The highest BCUT2D eigenvalue weighted by molar-refractivity contribution is 7.89. The fraction of sp³-hybridized carbons (Fsp3) is 0.560. The molecule has 1 aromatic heterocycles. The van der Waals surface area contributed by atoms with E-state index < -0.39 is 38.9 Å². The SMILES string of the molecule is CC(C)(C)NS(=O)(=O)c1cccc(C(=O)Nc2ncc([C@](C)(O)C(F)(F)F)nc2N2CCC3(CC2)CC3)c1. The molecule has 38 heavy (non-hydrogen) atoms. The van der Waals surface area contributed by atoms with Crippen LogP contribution in [-0.2, 0) is 15.6 Å². The fourth-order valence-corrected chi connectivity index (χ4v) is 5.85. The quantitative estimate of drug-likeness (QED) is 0.493. The minimum Gasteiger partial charge on any atom is -0.375 e. The number of carbonyl (C=O) groups excluding carboxylic acids is 1. The summed E-state index contributed by atoms with van der Waals surface area (Å²) in [4.78, 5) is 22.9. The Bertz CT molecular complexity index is 1330. The smallest absolute Gasteiger partial charge is 0.375 e. The summed E-state index contributed by atoms with van der Waals surface area (Å²) in [6.07, 6.45) is -0.306. The van der Waals surface area contributed by atoms with Gasteiger partial charge in [0.1, 0.15) is 5.69 Å². The second kappa shape index (κ2) is 9.45. The van der Waals surface area contributed by atoms with Crippen molar-refractivity contribution in [3.63, 3.8) is 0 Å². The molecule has 0 radical (unpaired) electrons. The molecule has 2 heterocycles. The molecule has 13 heteroatoms. The zero-order valence-corrected chi connectivity index (χ0v) is 22.5. The van der Waals surface area contributed by atoms with Gasteiger partial charge in [0.05, 0.1) is 11.1 Å². The molecule has 3 N–H and O–H groups in total. The first-order valence-electron chi connectivity index (χ1n) is 12.3. The summed E-state index contributed by atoms with van der Waals surface area (Å²) < 4.78 is 68.5. The minimum atomic E-state index is -4.99. The Morgan fingerprint density at radius 1 is 1.08 bits per heavy atom. The summed E-state index contributed by atoms with van der Waals surface area (Å²) in [6.45, 7) is 6.70. The monoisotopic (exact) mass is 555 g/mol. The van der Waals surface area contributed by atoms with Gasteiger partial charge in [-0.3, -0.25) is 4.79 Å². The van der Waals surface area contributed by atoms with E-state index in [1.54, 1.807) is 25.7 Å². The molecular formula is C25H32F3N5O4S. The molecule has 1 aromatic carbocycles. The molecule has 2 aliphatic rings. The van der Waals surface area contributed by atoms with Gasteiger partial charge in [-0.15, -0.1) is 0 Å². The predicted molar refractivity (Wildman–Crippen MR) is 135 cm³/mol. The lowest BCUT2D eigenvalue weighted by Crippen LogP contribution is -2.41. The number of nitrogens with one attached hydrogen (secondary N) is 2. The predicted octanol–water partition coefficient (Wildman–Crippen LogP) is 3.96. The van der Waals surface area contributed by atoms with E-state index >= 15 is 0 Å². The van der Waals surface area contributed by atoms with Crippen LogP contribution >= 0.6 is 0 Å². The largest absolute Gasteiger partial charge is 0.422 e. The van der Waals surface area contributed by atoms with Gasteiger partial charge in [-0.25, -0.2) is 23.1 Å². The van der Waals surface area contributed by atoms with Crippen molar-refractivity contribution >= 4 is 27.6 Å². The van der Waals surface area contributed by atoms with Crippen molar-refractivity contribution in [2.45, 2.75) is 75.6 Å². The van der Waals surface area contributed by atoms with Crippen molar-refractivity contribution < 1.29 is 31.5 Å². The third kappa shape index (κ3) is 5.94. The van der Waals surface area contributed by atoms with Crippen LogP contribution in [0, 0.1) is 5.41 Å². The number of rotatable bonds is 6. The molecular weight excluding hydrogens is 523 g/mol. The number of nitrogens with zero attached hydrogens (tertiary/aromatic N) is 3. The fourth-order valence-electron chi connectivity index (χ4n) is 4.38. The summed E-state index contributed by atoms with van der Waals surface area (Å²) in [5.74, 6) is -0.766. The van der Waals surface area contributed by atoms with Crippen LogP contribution < -0.4 is 14.9 Å². The lowest BCUT2D eigenvalue weighted by Gasteiger charge is -2.34. The average molecular weight is 556 g/mol. The number of amides is 1. The molecule has 2 aromatic rings. The Kier molecular flexibility index (Phi) is 7.03. The number of carbonyl (C=O) groups is 1. The summed E-state index contributed by atoms with van der Waals surface area (Å²) >= 11 is 0. The van der Waals surface area contributed by atoms with E-state index in [-0.39, 0.29) is 27.5 Å². The summed E-state index contributed by atoms with van der Waals surface area (Å²) in [7, 11) is -3.91. The molecule has 1 amide bonds. The van der Waals surface area contributed by atoms with Crippen LogP contribution in [0.3, 0.4) is 0 Å². The number of aliphatic hydroxyl groups is 1. The Morgan fingerprint density at radius 2 is 1.71 bits per heavy atom. The van der Waals surface area contributed by atoms with E-state index in [0.717, 1.165) is 31.9 Å². The van der Waals surface area contributed by atoms with Gasteiger partial charge in [-0.05, 0) is 77.0 Å². The number of hydrogen-bond donors (Lipinski definition) is 3. The van der Waals surface area contributed by atoms with E-state index in [1.807, 2.05) is 0 Å². The first kappa shape index (κ1) is 28.2. The van der Waals surface area contributed by atoms with Crippen LogP contribution in [0.15, 0.2) is 35.4 Å². The van der Waals surface area contributed by atoms with E-state index in [9.17, 15) is 31.5 Å². The Morgan fingerprint density at radius 3 is 2.26 bits per heavy atom. The third-order valence-electron chi connectivity index (χ3n) is 6.96. The van der Waals surface area contributed by atoms with Crippen molar-refractivity contribution in [2.24, 2.45) is 5.41 Å². The van der Waals surface area contributed by atoms with Gasteiger partial charge in [-0.1, -0.05) is 6.07 Å². The van der Waals surface area contributed by atoms with Crippen LogP contribution in [0.4, 0.5) is 24.8 Å². The van der Waals surface area contributed by atoms with Crippen molar-refractivity contribution in [1.82, 2.24) is 14.7 Å². The topological polar surface area (TPSA) is 125 Å². The van der Waals surface area contributed by atoms with Crippen molar-refractivity contribution in [1.29, 1.82) is 0 Å². The number of alkyl halides is 3. The van der Waals surface area contributed by atoms with Gasteiger partial charge in [0.25, 0.3) is 5.91 Å². The van der Waals surface area contributed by atoms with Crippen LogP contribution in [0.2, 0.25) is 0 Å². The van der Waals surface area contributed by atoms with Crippen LogP contribution in [-0.4, -0.2) is 54.2 Å². The van der Waals surface area contributed by atoms with Gasteiger partial charge < -0.3 is 15.3 Å². The van der Waals surface area contributed by atoms with Crippen LogP contribution in [0.5, 0.6) is 0 Å².